The lowest BCUT2D eigenvalue weighted by atomic mass is 10.2. The third-order valence-corrected chi connectivity index (χ3v) is 4.25. The van der Waals surface area contributed by atoms with Gasteiger partial charge in [0.15, 0.2) is 0 Å². The van der Waals surface area contributed by atoms with Crippen LogP contribution in [0.2, 0.25) is 0 Å². The number of pyridine rings is 1. The van der Waals surface area contributed by atoms with Crippen LogP contribution in [0.4, 0.5) is 0 Å². The number of nitrogens with zero attached hydrogens (tertiary/aromatic N) is 1. The molecule has 0 fully saturated rings. The first-order chi connectivity index (χ1) is 9.29. The van der Waals surface area contributed by atoms with E-state index in [1.807, 2.05) is 6.92 Å². The van der Waals surface area contributed by atoms with Crippen LogP contribution in [0.15, 0.2) is 46.1 Å². The van der Waals surface area contributed by atoms with Crippen LogP contribution in [0.25, 0.3) is 0 Å². The maximum atomic E-state index is 12.1. The van der Waals surface area contributed by atoms with Crippen LogP contribution in [0, 0.1) is 13.8 Å². The Bertz CT molecular complexity index is 789. The summed E-state index contributed by atoms with van der Waals surface area (Å²) >= 11 is 0. The second-order valence-electron chi connectivity index (χ2n) is 4.58. The minimum Gasteiger partial charge on any atom is -0.379 e. The van der Waals surface area contributed by atoms with Crippen molar-refractivity contribution in [3.63, 3.8) is 0 Å². The molecule has 106 valence electrons. The van der Waals surface area contributed by atoms with Crippen LogP contribution in [0.3, 0.4) is 0 Å². The van der Waals surface area contributed by atoms with Gasteiger partial charge < -0.3 is 8.75 Å². The smallest absolute Gasteiger partial charge is 0.339 e. The summed E-state index contributed by atoms with van der Waals surface area (Å²) in [7, 11) is -2.32. The van der Waals surface area contributed by atoms with Crippen LogP contribution in [-0.2, 0) is 17.2 Å². The number of hydrogen-bond donors (Lipinski definition) is 0. The first-order valence-electron chi connectivity index (χ1n) is 5.98. The maximum absolute atomic E-state index is 12.1. The van der Waals surface area contributed by atoms with Gasteiger partial charge in [-0.15, -0.1) is 0 Å². The van der Waals surface area contributed by atoms with Crippen molar-refractivity contribution in [2.75, 3.05) is 0 Å². The molecule has 1 aromatic carbocycles. The highest BCUT2D eigenvalue weighted by Gasteiger charge is 2.17. The van der Waals surface area contributed by atoms with E-state index in [4.69, 9.17) is 4.18 Å². The molecule has 5 nitrogen and oxygen atoms in total. The molecular weight excluding hydrogens is 278 g/mol. The van der Waals surface area contributed by atoms with Gasteiger partial charge in [-0.2, -0.15) is 8.42 Å². The van der Waals surface area contributed by atoms with Crippen LogP contribution in [-0.4, -0.2) is 13.0 Å². The Balaban J connectivity index is 2.38. The van der Waals surface area contributed by atoms with Gasteiger partial charge in [0.2, 0.25) is 0 Å². The lowest BCUT2D eigenvalue weighted by Gasteiger charge is -2.09. The fourth-order valence-corrected chi connectivity index (χ4v) is 2.58. The number of hydrogen-bond acceptors (Lipinski definition) is 4. The van der Waals surface area contributed by atoms with Crippen LogP contribution in [0.5, 0.6) is 5.75 Å². The molecule has 0 amide bonds. The van der Waals surface area contributed by atoms with E-state index in [0.717, 1.165) is 11.6 Å². The van der Waals surface area contributed by atoms with E-state index < -0.39 is 10.1 Å². The predicted molar refractivity (Wildman–Crippen MR) is 75.4 cm³/mol. The van der Waals surface area contributed by atoms with Crippen LogP contribution < -0.4 is 9.74 Å². The molecule has 0 radical (unpaired) electrons. The lowest BCUT2D eigenvalue weighted by Crippen LogP contribution is -2.19. The quantitative estimate of drug-likeness (QED) is 0.809. The summed E-state index contributed by atoms with van der Waals surface area (Å²) < 4.78 is 30.6. The van der Waals surface area contributed by atoms with Gasteiger partial charge in [-0.05, 0) is 26.0 Å². The molecule has 0 aliphatic carbocycles. The maximum Gasteiger partial charge on any atom is 0.339 e. The Morgan fingerprint density at radius 2 is 1.65 bits per heavy atom. The van der Waals surface area contributed by atoms with Crippen molar-refractivity contribution in [1.29, 1.82) is 0 Å². The van der Waals surface area contributed by atoms with Gasteiger partial charge in [0.25, 0.3) is 5.56 Å². The molecule has 1 heterocycles. The first kappa shape index (κ1) is 14.3. The molecule has 1 aromatic heterocycles. The average molecular weight is 293 g/mol. The topological polar surface area (TPSA) is 65.4 Å². The average Bonchev–Trinajstić information content (AvgIpc) is 2.36. The van der Waals surface area contributed by atoms with E-state index in [1.54, 1.807) is 26.1 Å². The molecule has 20 heavy (non-hydrogen) atoms. The molecule has 2 aromatic rings. The van der Waals surface area contributed by atoms with E-state index >= 15 is 0 Å². The largest absolute Gasteiger partial charge is 0.379 e. The Kier molecular flexibility index (Phi) is 3.67. The van der Waals surface area contributed by atoms with E-state index in [-0.39, 0.29) is 16.2 Å². The number of aryl methyl sites for hydroxylation is 2. The van der Waals surface area contributed by atoms with Crippen molar-refractivity contribution in [2.45, 2.75) is 18.7 Å². The highest BCUT2D eigenvalue weighted by molar-refractivity contribution is 7.87. The fraction of sp³-hybridized carbons (Fsp3) is 0.214. The van der Waals surface area contributed by atoms with E-state index in [0.29, 0.717) is 5.69 Å². The van der Waals surface area contributed by atoms with Gasteiger partial charge in [0.05, 0.1) is 0 Å². The normalized spacial score (nSPS) is 11.3. The Hall–Kier alpha value is -2.08. The summed E-state index contributed by atoms with van der Waals surface area (Å²) in [4.78, 5) is 11.7. The summed E-state index contributed by atoms with van der Waals surface area (Å²) in [5.41, 5.74) is 1.25. The molecular formula is C14H15NO4S. The molecule has 0 unspecified atom stereocenters. The van der Waals surface area contributed by atoms with Gasteiger partial charge >= 0.3 is 10.1 Å². The zero-order valence-corrected chi connectivity index (χ0v) is 12.3. The molecule has 0 bridgehead atoms. The summed E-state index contributed by atoms with van der Waals surface area (Å²) in [5, 5.41) is 0. The molecule has 0 saturated heterocycles. The van der Waals surface area contributed by atoms with Crippen LogP contribution >= 0.6 is 0 Å². The van der Waals surface area contributed by atoms with Crippen molar-refractivity contribution in [3.05, 3.63) is 58.0 Å². The lowest BCUT2D eigenvalue weighted by molar-refractivity contribution is 0.484. The van der Waals surface area contributed by atoms with Gasteiger partial charge in [0, 0.05) is 24.9 Å². The zero-order valence-electron chi connectivity index (χ0n) is 11.5. The Morgan fingerprint density at radius 3 is 2.20 bits per heavy atom. The van der Waals surface area contributed by atoms with Gasteiger partial charge in [-0.1, -0.05) is 17.7 Å². The molecule has 0 aliphatic heterocycles. The predicted octanol–water partition coefficient (Wildman–Crippen LogP) is 1.77. The molecule has 0 spiro atoms. The summed E-state index contributed by atoms with van der Waals surface area (Å²) in [5.74, 6) is 0.0196. The van der Waals surface area contributed by atoms with E-state index in [9.17, 15) is 13.2 Å². The van der Waals surface area contributed by atoms with Crippen molar-refractivity contribution in [3.8, 4) is 5.75 Å². The third kappa shape index (κ3) is 2.91. The highest BCUT2D eigenvalue weighted by atomic mass is 32.2. The Morgan fingerprint density at radius 1 is 1.05 bits per heavy atom. The van der Waals surface area contributed by atoms with E-state index in [1.165, 1.54) is 22.8 Å². The van der Waals surface area contributed by atoms with Crippen molar-refractivity contribution in [1.82, 2.24) is 4.57 Å². The van der Waals surface area contributed by atoms with E-state index in [2.05, 4.69) is 0 Å². The second kappa shape index (κ2) is 5.13. The highest BCUT2D eigenvalue weighted by Crippen LogP contribution is 2.18. The monoisotopic (exact) mass is 293 g/mol. The Labute approximate surface area is 117 Å². The molecule has 6 heteroatoms. The first-order valence-corrected chi connectivity index (χ1v) is 7.39. The summed E-state index contributed by atoms with van der Waals surface area (Å²) in [6, 6.07) is 8.97. The third-order valence-electron chi connectivity index (χ3n) is 2.99. The van der Waals surface area contributed by atoms with Crippen molar-refractivity contribution < 1.29 is 12.6 Å². The van der Waals surface area contributed by atoms with Gasteiger partial charge in [-0.3, -0.25) is 4.79 Å². The molecule has 0 N–H and O–H groups in total. The molecule has 2 rings (SSSR count). The fourth-order valence-electron chi connectivity index (χ4n) is 1.66. The van der Waals surface area contributed by atoms with Crippen molar-refractivity contribution in [2.24, 2.45) is 7.05 Å². The van der Waals surface area contributed by atoms with Gasteiger partial charge in [-0.25, -0.2) is 0 Å². The number of benzene rings is 1. The SMILES string of the molecule is Cc1ccc(S(=O)(=O)Oc2cc(C)n(C)c(=O)c2)cc1. The molecule has 0 aliphatic rings. The van der Waals surface area contributed by atoms with Crippen LogP contribution in [0.1, 0.15) is 11.3 Å². The summed E-state index contributed by atoms with van der Waals surface area (Å²) in [6.07, 6.45) is 0. The second-order valence-corrected chi connectivity index (χ2v) is 6.13. The van der Waals surface area contributed by atoms with Gasteiger partial charge in [0.1, 0.15) is 10.6 Å². The molecule has 0 atom stereocenters. The van der Waals surface area contributed by atoms with Crippen molar-refractivity contribution >= 4 is 10.1 Å². The number of aromatic nitrogens is 1. The molecule has 0 saturated carbocycles. The zero-order chi connectivity index (χ0) is 14.9. The minimum atomic E-state index is -3.92. The number of rotatable bonds is 3. The standard InChI is InChI=1S/C14H15NO4S/c1-10-4-6-13(7-5-10)20(17,18)19-12-8-11(2)15(3)14(16)9-12/h4-9H,1-3H3. The summed E-state index contributed by atoms with van der Waals surface area (Å²) in [6.45, 7) is 3.56. The minimum absolute atomic E-state index is 0.0196.